The molecule has 38 heavy (non-hydrogen) atoms. The number of hydrogen-bond acceptors (Lipinski definition) is 5. The van der Waals surface area contributed by atoms with E-state index in [4.69, 9.17) is 9.72 Å². The van der Waals surface area contributed by atoms with Crippen molar-refractivity contribution in [3.63, 3.8) is 0 Å². The predicted octanol–water partition coefficient (Wildman–Crippen LogP) is 4.69. The maximum atomic E-state index is 14.1. The number of aliphatic hydroxyl groups is 1. The molecule has 0 saturated carbocycles. The Hall–Kier alpha value is -3.85. The number of nitrogens with one attached hydrogen (secondary N) is 2. The van der Waals surface area contributed by atoms with Crippen LogP contribution in [0.5, 0.6) is 0 Å². The maximum Gasteiger partial charge on any atom is 0.319 e. The molecule has 5 rings (SSSR count). The third-order valence-corrected chi connectivity index (χ3v) is 7.12. The number of benzene rings is 3. The standard InChI is InChI=1S/C30H31FN4O3/c1-20-25-17-23(31)13-14-24(25)28(27(32-20)21-9-5-3-6-10-21)34-29(36)33-26-18-35(15-16-38-2)19-30(26,37)22-11-7-4-8-12-22/h3-14,17,26,37H,15-16,18-19H2,1-2H3,(H2,33,34,36). The number of hydrogen-bond donors (Lipinski definition) is 3. The third-order valence-electron chi connectivity index (χ3n) is 7.12. The summed E-state index contributed by atoms with van der Waals surface area (Å²) in [6.45, 7) is 3.77. The first kappa shape index (κ1) is 25.8. The SMILES string of the molecule is COCCN1CC(NC(=O)Nc2c(-c3ccccc3)nc(C)c3cc(F)ccc23)C(O)(c2ccccc2)C1. The Bertz CT molecular complexity index is 1430. The summed E-state index contributed by atoms with van der Waals surface area (Å²) in [4.78, 5) is 20.3. The summed E-state index contributed by atoms with van der Waals surface area (Å²) >= 11 is 0. The molecule has 1 saturated heterocycles. The first-order valence-corrected chi connectivity index (χ1v) is 12.6. The first-order valence-electron chi connectivity index (χ1n) is 12.6. The van der Waals surface area contributed by atoms with Gasteiger partial charge in [-0.25, -0.2) is 9.18 Å². The Morgan fingerprint density at radius 2 is 1.82 bits per heavy atom. The third kappa shape index (κ3) is 5.11. The van der Waals surface area contributed by atoms with Crippen LogP contribution in [0.3, 0.4) is 0 Å². The molecule has 0 aliphatic carbocycles. The van der Waals surface area contributed by atoms with Crippen LogP contribution in [0.1, 0.15) is 11.3 Å². The Morgan fingerprint density at radius 1 is 1.11 bits per heavy atom. The van der Waals surface area contributed by atoms with Crippen molar-refractivity contribution in [2.24, 2.45) is 0 Å². The number of carbonyl (C=O) groups excluding carboxylic acids is 1. The van der Waals surface area contributed by atoms with Crippen LogP contribution < -0.4 is 10.6 Å². The van der Waals surface area contributed by atoms with E-state index in [0.717, 1.165) is 11.1 Å². The number of carbonyl (C=O) groups is 1. The quantitative estimate of drug-likeness (QED) is 0.333. The number of fused-ring (bicyclic) bond motifs is 1. The number of pyridine rings is 1. The molecule has 0 bridgehead atoms. The number of ether oxygens (including phenoxy) is 1. The molecule has 3 N–H and O–H groups in total. The topological polar surface area (TPSA) is 86.7 Å². The molecule has 2 atom stereocenters. The summed E-state index contributed by atoms with van der Waals surface area (Å²) in [5.74, 6) is -0.375. The van der Waals surface area contributed by atoms with E-state index in [1.807, 2.05) is 67.6 Å². The van der Waals surface area contributed by atoms with Crippen LogP contribution in [-0.2, 0) is 10.3 Å². The summed E-state index contributed by atoms with van der Waals surface area (Å²) in [6.07, 6.45) is 0. The van der Waals surface area contributed by atoms with Gasteiger partial charge in [-0.15, -0.1) is 0 Å². The van der Waals surface area contributed by atoms with Crippen molar-refractivity contribution >= 4 is 22.5 Å². The Kier molecular flexibility index (Phi) is 7.37. The zero-order valence-corrected chi connectivity index (χ0v) is 21.4. The van der Waals surface area contributed by atoms with E-state index in [0.29, 0.717) is 54.1 Å². The van der Waals surface area contributed by atoms with Crippen LogP contribution in [0.15, 0.2) is 78.9 Å². The number of likely N-dealkylation sites (tertiary alicyclic amines) is 1. The normalized spacial score (nSPS) is 19.5. The lowest BCUT2D eigenvalue weighted by molar-refractivity contribution is 0.0244. The molecule has 8 heteroatoms. The number of rotatable bonds is 7. The van der Waals surface area contributed by atoms with Crippen molar-refractivity contribution in [1.82, 2.24) is 15.2 Å². The number of urea groups is 1. The summed E-state index contributed by atoms with van der Waals surface area (Å²) in [5.41, 5.74) is 1.99. The van der Waals surface area contributed by atoms with Crippen molar-refractivity contribution in [3.05, 3.63) is 95.9 Å². The van der Waals surface area contributed by atoms with E-state index in [-0.39, 0.29) is 5.82 Å². The summed E-state index contributed by atoms with van der Waals surface area (Å²) in [6, 6.07) is 22.3. The monoisotopic (exact) mass is 514 g/mol. The van der Waals surface area contributed by atoms with Crippen LogP contribution in [0, 0.1) is 12.7 Å². The number of amides is 2. The minimum atomic E-state index is -1.29. The molecule has 4 aromatic rings. The molecule has 2 heterocycles. The second kappa shape index (κ2) is 10.9. The average Bonchev–Trinajstić information content (AvgIpc) is 3.25. The molecule has 1 fully saturated rings. The number of aromatic nitrogens is 1. The van der Waals surface area contributed by atoms with Crippen LogP contribution >= 0.6 is 0 Å². The second-order valence-corrected chi connectivity index (χ2v) is 9.65. The van der Waals surface area contributed by atoms with Gasteiger partial charge in [-0.1, -0.05) is 60.7 Å². The van der Waals surface area contributed by atoms with Gasteiger partial charge in [0.05, 0.1) is 24.0 Å². The zero-order chi connectivity index (χ0) is 26.7. The fourth-order valence-electron chi connectivity index (χ4n) is 5.18. The molecular formula is C30H31FN4O3. The molecule has 1 aliphatic rings. The number of anilines is 1. The van der Waals surface area contributed by atoms with Gasteiger partial charge in [0.1, 0.15) is 11.4 Å². The van der Waals surface area contributed by atoms with E-state index in [9.17, 15) is 14.3 Å². The number of aryl methyl sites for hydroxylation is 1. The van der Waals surface area contributed by atoms with Crippen molar-refractivity contribution in [3.8, 4) is 11.3 Å². The lowest BCUT2D eigenvalue weighted by Gasteiger charge is -2.30. The molecule has 0 spiro atoms. The Morgan fingerprint density at radius 3 is 2.53 bits per heavy atom. The highest BCUT2D eigenvalue weighted by Gasteiger charge is 2.47. The first-order chi connectivity index (χ1) is 18.4. The van der Waals surface area contributed by atoms with Gasteiger partial charge in [-0.2, -0.15) is 0 Å². The number of nitrogens with zero attached hydrogens (tertiary/aromatic N) is 2. The van der Waals surface area contributed by atoms with Gasteiger partial charge in [-0.3, -0.25) is 9.88 Å². The molecular weight excluding hydrogens is 483 g/mol. The smallest absolute Gasteiger partial charge is 0.319 e. The fraction of sp³-hybridized carbons (Fsp3) is 0.267. The minimum absolute atomic E-state index is 0.356. The summed E-state index contributed by atoms with van der Waals surface area (Å²) < 4.78 is 19.3. The highest BCUT2D eigenvalue weighted by atomic mass is 19.1. The fourth-order valence-corrected chi connectivity index (χ4v) is 5.18. The largest absolute Gasteiger partial charge is 0.383 e. The lowest BCUT2D eigenvalue weighted by Crippen LogP contribution is -2.51. The van der Waals surface area contributed by atoms with Gasteiger partial charge in [0.15, 0.2) is 0 Å². The van der Waals surface area contributed by atoms with Gasteiger partial charge < -0.3 is 20.5 Å². The highest BCUT2D eigenvalue weighted by Crippen LogP contribution is 2.36. The van der Waals surface area contributed by atoms with Gasteiger partial charge in [0.25, 0.3) is 0 Å². The molecule has 2 unspecified atom stereocenters. The molecule has 3 aromatic carbocycles. The molecule has 1 aliphatic heterocycles. The van der Waals surface area contributed by atoms with Crippen molar-refractivity contribution in [1.29, 1.82) is 0 Å². The van der Waals surface area contributed by atoms with E-state index < -0.39 is 17.7 Å². The van der Waals surface area contributed by atoms with Crippen LogP contribution in [-0.4, -0.2) is 60.4 Å². The summed E-state index contributed by atoms with van der Waals surface area (Å²) in [5, 5.41) is 19.1. The second-order valence-electron chi connectivity index (χ2n) is 9.65. The number of methoxy groups -OCH3 is 1. The van der Waals surface area contributed by atoms with E-state index >= 15 is 0 Å². The predicted molar refractivity (Wildman–Crippen MR) is 146 cm³/mol. The molecule has 0 radical (unpaired) electrons. The van der Waals surface area contributed by atoms with Crippen LogP contribution in [0.2, 0.25) is 0 Å². The maximum absolute atomic E-state index is 14.1. The van der Waals surface area contributed by atoms with Crippen molar-refractivity contribution < 1.29 is 19.0 Å². The average molecular weight is 515 g/mol. The molecule has 2 amide bonds. The van der Waals surface area contributed by atoms with Gasteiger partial charge in [-0.05, 0) is 30.7 Å². The van der Waals surface area contributed by atoms with E-state index in [1.165, 1.54) is 12.1 Å². The van der Waals surface area contributed by atoms with Gasteiger partial charge in [0.2, 0.25) is 0 Å². The van der Waals surface area contributed by atoms with Crippen molar-refractivity contribution in [2.75, 3.05) is 38.7 Å². The van der Waals surface area contributed by atoms with Gasteiger partial charge in [0, 0.05) is 48.8 Å². The van der Waals surface area contributed by atoms with E-state index in [2.05, 4.69) is 15.5 Å². The van der Waals surface area contributed by atoms with E-state index in [1.54, 1.807) is 13.2 Å². The summed E-state index contributed by atoms with van der Waals surface area (Å²) in [7, 11) is 1.64. The molecule has 1 aromatic heterocycles. The minimum Gasteiger partial charge on any atom is -0.383 e. The molecule has 196 valence electrons. The Labute approximate surface area is 221 Å². The lowest BCUT2D eigenvalue weighted by atomic mass is 9.89. The van der Waals surface area contributed by atoms with Crippen LogP contribution in [0.4, 0.5) is 14.9 Å². The number of β-amino-alcohol motifs (C(OH)–C–C–N with tert-alkyl or cyclic N) is 1. The Balaban J connectivity index is 1.49. The van der Waals surface area contributed by atoms with Crippen molar-refractivity contribution in [2.45, 2.75) is 18.6 Å². The van der Waals surface area contributed by atoms with Gasteiger partial charge >= 0.3 is 6.03 Å². The zero-order valence-electron chi connectivity index (χ0n) is 21.4. The molecule has 7 nitrogen and oxygen atoms in total. The van der Waals surface area contributed by atoms with Crippen LogP contribution in [0.25, 0.3) is 22.0 Å². The number of halogens is 1. The highest BCUT2D eigenvalue weighted by molar-refractivity contribution is 6.07.